The molecule has 1 aromatic rings. The van der Waals surface area contributed by atoms with Gasteiger partial charge in [0.1, 0.15) is 22.8 Å². The summed E-state index contributed by atoms with van der Waals surface area (Å²) in [5, 5.41) is 48.9. The molecular formula is C28H38N4O7. The molecule has 0 bridgehead atoms. The van der Waals surface area contributed by atoms with Crippen molar-refractivity contribution in [2.75, 3.05) is 33.1 Å². The Morgan fingerprint density at radius 1 is 1.21 bits per heavy atom. The molecule has 39 heavy (non-hydrogen) atoms. The highest BCUT2D eigenvalue weighted by atomic mass is 16.3. The lowest BCUT2D eigenvalue weighted by molar-refractivity contribution is -0.153. The fraction of sp³-hybridized carbons (Fsp3) is 0.536. The molecular weight excluding hydrogens is 504 g/mol. The van der Waals surface area contributed by atoms with E-state index in [1.165, 1.54) is 4.90 Å². The fourth-order valence-corrected chi connectivity index (χ4v) is 6.31. The smallest absolute Gasteiger partial charge is 0.255 e. The van der Waals surface area contributed by atoms with Crippen molar-refractivity contribution in [2.45, 2.75) is 57.3 Å². The SMILES string of the molecule is CCC(C)NCc1cc(N(C)C)c2c(c1O)C(O)=C1C(=O)[C@@]3(O)C(O)=C(C(N)=O)C(=O)C(N(C)C)[C@H]3C[C@H]1C2. The molecule has 1 aromatic carbocycles. The van der Waals surface area contributed by atoms with Crippen LogP contribution in [0.2, 0.25) is 0 Å². The number of nitrogens with two attached hydrogens (primary N) is 1. The van der Waals surface area contributed by atoms with Crippen molar-refractivity contribution in [1.29, 1.82) is 0 Å². The van der Waals surface area contributed by atoms with Gasteiger partial charge in [0.2, 0.25) is 5.78 Å². The molecule has 2 unspecified atom stereocenters. The largest absolute Gasteiger partial charge is 0.508 e. The van der Waals surface area contributed by atoms with E-state index in [2.05, 4.69) is 5.32 Å². The third-order valence-corrected chi connectivity index (χ3v) is 8.51. The highest BCUT2D eigenvalue weighted by molar-refractivity contribution is 6.24. The predicted molar refractivity (Wildman–Crippen MR) is 145 cm³/mol. The number of nitrogens with one attached hydrogen (secondary N) is 1. The van der Waals surface area contributed by atoms with Gasteiger partial charge in [-0.1, -0.05) is 6.92 Å². The van der Waals surface area contributed by atoms with Gasteiger partial charge in [-0.15, -0.1) is 0 Å². The number of rotatable bonds is 7. The predicted octanol–water partition coefficient (Wildman–Crippen LogP) is 0.918. The molecule has 0 radical (unpaired) electrons. The van der Waals surface area contributed by atoms with Crippen LogP contribution in [-0.2, 0) is 27.3 Å². The van der Waals surface area contributed by atoms with Crippen LogP contribution in [0.25, 0.3) is 5.76 Å². The number of ketones is 2. The second-order valence-corrected chi connectivity index (χ2v) is 11.3. The molecule has 0 aliphatic heterocycles. The minimum atomic E-state index is -2.65. The number of carbonyl (C=O) groups is 3. The van der Waals surface area contributed by atoms with Crippen molar-refractivity contribution in [3.05, 3.63) is 39.7 Å². The molecule has 1 fully saturated rings. The maximum absolute atomic E-state index is 14.0. The van der Waals surface area contributed by atoms with Gasteiger partial charge in [0.25, 0.3) is 5.91 Å². The van der Waals surface area contributed by atoms with Crippen LogP contribution in [0.4, 0.5) is 5.69 Å². The van der Waals surface area contributed by atoms with Crippen LogP contribution in [0.3, 0.4) is 0 Å². The molecule has 11 nitrogen and oxygen atoms in total. The number of likely N-dealkylation sites (N-methyl/N-ethyl adjacent to an activating group) is 1. The molecule has 3 aliphatic carbocycles. The first-order valence-electron chi connectivity index (χ1n) is 13.1. The van der Waals surface area contributed by atoms with Gasteiger partial charge in [-0.2, -0.15) is 0 Å². The van der Waals surface area contributed by atoms with E-state index < -0.39 is 58.0 Å². The van der Waals surface area contributed by atoms with Gasteiger partial charge in [0, 0.05) is 49.4 Å². The number of primary amides is 1. The van der Waals surface area contributed by atoms with E-state index in [0.717, 1.165) is 12.1 Å². The van der Waals surface area contributed by atoms with Gasteiger partial charge >= 0.3 is 0 Å². The number of amides is 1. The number of aliphatic hydroxyl groups is 3. The monoisotopic (exact) mass is 542 g/mol. The first-order chi connectivity index (χ1) is 18.2. The van der Waals surface area contributed by atoms with Crippen molar-refractivity contribution < 1.29 is 34.8 Å². The number of anilines is 1. The average molecular weight is 543 g/mol. The highest BCUT2D eigenvalue weighted by Crippen LogP contribution is 2.54. The first-order valence-corrected chi connectivity index (χ1v) is 13.1. The Labute approximate surface area is 227 Å². The number of aliphatic hydroxyl groups excluding tert-OH is 2. The summed E-state index contributed by atoms with van der Waals surface area (Å²) in [6.45, 7) is 4.37. The maximum atomic E-state index is 14.0. The second-order valence-electron chi connectivity index (χ2n) is 11.3. The number of carbonyl (C=O) groups excluding carboxylic acids is 3. The van der Waals surface area contributed by atoms with E-state index in [1.54, 1.807) is 14.1 Å². The molecule has 0 saturated heterocycles. The van der Waals surface area contributed by atoms with Crippen molar-refractivity contribution in [1.82, 2.24) is 10.2 Å². The third kappa shape index (κ3) is 4.19. The van der Waals surface area contributed by atoms with Gasteiger partial charge in [-0.05, 0) is 57.8 Å². The summed E-state index contributed by atoms with van der Waals surface area (Å²) in [7, 11) is 6.83. The van der Waals surface area contributed by atoms with Crippen LogP contribution >= 0.6 is 0 Å². The van der Waals surface area contributed by atoms with Gasteiger partial charge in [0.15, 0.2) is 11.4 Å². The molecule has 1 saturated carbocycles. The highest BCUT2D eigenvalue weighted by Gasteiger charge is 2.64. The molecule has 0 heterocycles. The van der Waals surface area contributed by atoms with Crippen LogP contribution in [0.1, 0.15) is 43.4 Å². The molecule has 1 amide bonds. The van der Waals surface area contributed by atoms with Crippen LogP contribution in [0.5, 0.6) is 5.75 Å². The lowest BCUT2D eigenvalue weighted by Gasteiger charge is -2.50. The average Bonchev–Trinajstić information content (AvgIpc) is 2.84. The van der Waals surface area contributed by atoms with Crippen LogP contribution in [0, 0.1) is 11.8 Å². The summed E-state index contributed by atoms with van der Waals surface area (Å²) in [4.78, 5) is 42.7. The minimum Gasteiger partial charge on any atom is -0.508 e. The lowest BCUT2D eigenvalue weighted by Crippen LogP contribution is -2.65. The Morgan fingerprint density at radius 3 is 2.38 bits per heavy atom. The molecule has 3 aliphatic rings. The minimum absolute atomic E-state index is 0.0523. The number of fused-ring (bicyclic) bond motifs is 3. The van der Waals surface area contributed by atoms with Crippen molar-refractivity contribution in [3.63, 3.8) is 0 Å². The van der Waals surface area contributed by atoms with E-state index in [1.807, 2.05) is 38.9 Å². The second kappa shape index (κ2) is 9.96. The fourth-order valence-electron chi connectivity index (χ4n) is 6.31. The summed E-state index contributed by atoms with van der Waals surface area (Å²) >= 11 is 0. The Morgan fingerprint density at radius 2 is 1.85 bits per heavy atom. The number of Topliss-reactive ketones (excluding diaryl/α,β-unsaturated/α-hetero) is 2. The van der Waals surface area contributed by atoms with Crippen LogP contribution in [0.15, 0.2) is 23.0 Å². The topological polar surface area (TPSA) is 177 Å². The van der Waals surface area contributed by atoms with E-state index in [9.17, 15) is 34.8 Å². The van der Waals surface area contributed by atoms with Crippen LogP contribution in [-0.4, -0.2) is 88.7 Å². The molecule has 0 aromatic heterocycles. The zero-order chi connectivity index (χ0) is 29.1. The Kier molecular flexibility index (Phi) is 7.30. The summed E-state index contributed by atoms with van der Waals surface area (Å²) in [5.41, 5.74) is 3.75. The zero-order valence-electron chi connectivity index (χ0n) is 23.2. The molecule has 11 heteroatoms. The van der Waals surface area contributed by atoms with Crippen molar-refractivity contribution in [2.24, 2.45) is 17.6 Å². The van der Waals surface area contributed by atoms with E-state index in [-0.39, 0.29) is 35.8 Å². The number of benzene rings is 1. The summed E-state index contributed by atoms with van der Waals surface area (Å²) in [5.74, 6) is -6.53. The number of phenols is 1. The quantitative estimate of drug-likeness (QED) is 0.272. The molecule has 0 spiro atoms. The van der Waals surface area contributed by atoms with Gasteiger partial charge < -0.3 is 36.4 Å². The Bertz CT molecular complexity index is 1320. The summed E-state index contributed by atoms with van der Waals surface area (Å²) < 4.78 is 0. The molecule has 212 valence electrons. The van der Waals surface area contributed by atoms with E-state index >= 15 is 0 Å². The third-order valence-electron chi connectivity index (χ3n) is 8.51. The number of phenolic OH excluding ortho intramolecular Hbond substituents is 1. The zero-order valence-corrected chi connectivity index (χ0v) is 23.2. The van der Waals surface area contributed by atoms with E-state index in [4.69, 9.17) is 5.73 Å². The molecule has 4 rings (SSSR count). The van der Waals surface area contributed by atoms with Crippen molar-refractivity contribution in [3.8, 4) is 5.75 Å². The molecule has 5 atom stereocenters. The number of nitrogens with zero attached hydrogens (tertiary/aromatic N) is 2. The molecule has 7 N–H and O–H groups in total. The first kappa shape index (κ1) is 28.6. The summed E-state index contributed by atoms with van der Waals surface area (Å²) in [6.07, 6.45) is 1.17. The Hall–Kier alpha value is -3.41. The van der Waals surface area contributed by atoms with Crippen LogP contribution < -0.4 is 16.0 Å². The van der Waals surface area contributed by atoms with Gasteiger partial charge in [-0.25, -0.2) is 0 Å². The van der Waals surface area contributed by atoms with Crippen molar-refractivity contribution >= 4 is 28.9 Å². The van der Waals surface area contributed by atoms with E-state index in [0.29, 0.717) is 17.7 Å². The van der Waals surface area contributed by atoms with Gasteiger partial charge in [0.05, 0.1) is 11.6 Å². The number of hydrogen-bond acceptors (Lipinski definition) is 10. The number of hydrogen-bond donors (Lipinski definition) is 6. The normalized spacial score (nSPS) is 27.3. The maximum Gasteiger partial charge on any atom is 0.255 e. The Balaban J connectivity index is 1.94. The standard InChI is InChI=1S/C28H38N4O7/c1-7-12(2)30-11-14-10-17(31(3)4)15-8-13-9-16-21(32(5)6)24(35)20(27(29)38)26(37)28(16,39)25(36)18(13)23(34)19(15)22(14)33/h10,12-13,16,21,30,33-34,37,39H,7-9,11H2,1-6H3,(H2,29,38)/t12?,13-,16-,21?,28-/m1/s1. The van der Waals surface area contributed by atoms with Gasteiger partial charge in [-0.3, -0.25) is 19.3 Å². The number of aromatic hydroxyl groups is 1. The lowest BCUT2D eigenvalue weighted by atomic mass is 9.57. The summed E-state index contributed by atoms with van der Waals surface area (Å²) in [6, 6.07) is 0.917.